The summed E-state index contributed by atoms with van der Waals surface area (Å²) in [6.45, 7) is 3.57. The van der Waals surface area contributed by atoms with Gasteiger partial charge in [-0.1, -0.05) is 6.07 Å². The van der Waals surface area contributed by atoms with Gasteiger partial charge in [0.2, 0.25) is 0 Å². The summed E-state index contributed by atoms with van der Waals surface area (Å²) in [4.78, 5) is 25.6. The molecule has 1 fully saturated rings. The van der Waals surface area contributed by atoms with E-state index in [2.05, 4.69) is 4.90 Å². The standard InChI is InChI=1S/C15H16N2O4/c18-14-12(15(19)20)9-11(10-16-5-7-21-8-6-16)13-3-1-2-4-17(13)14/h1-4,9H,5-8,10H2,(H,19,20). The van der Waals surface area contributed by atoms with Crippen LogP contribution in [0.3, 0.4) is 0 Å². The van der Waals surface area contributed by atoms with Crippen LogP contribution in [0.1, 0.15) is 15.9 Å². The van der Waals surface area contributed by atoms with Crippen molar-refractivity contribution in [2.75, 3.05) is 26.3 Å². The molecule has 1 saturated heterocycles. The molecule has 3 heterocycles. The van der Waals surface area contributed by atoms with Crippen molar-refractivity contribution in [3.05, 3.63) is 51.9 Å². The summed E-state index contributed by atoms with van der Waals surface area (Å²) in [6, 6.07) is 6.90. The van der Waals surface area contributed by atoms with Crippen molar-refractivity contribution in [2.24, 2.45) is 0 Å². The molecule has 21 heavy (non-hydrogen) atoms. The summed E-state index contributed by atoms with van der Waals surface area (Å²) in [7, 11) is 0. The second kappa shape index (κ2) is 5.67. The van der Waals surface area contributed by atoms with Crippen molar-refractivity contribution in [1.29, 1.82) is 0 Å². The van der Waals surface area contributed by atoms with E-state index in [1.807, 2.05) is 12.1 Å². The molecule has 0 amide bonds. The molecule has 6 heteroatoms. The number of ether oxygens (including phenoxy) is 1. The van der Waals surface area contributed by atoms with E-state index < -0.39 is 11.5 Å². The first-order valence-corrected chi connectivity index (χ1v) is 6.83. The topological polar surface area (TPSA) is 71.2 Å². The number of hydrogen-bond acceptors (Lipinski definition) is 4. The van der Waals surface area contributed by atoms with E-state index >= 15 is 0 Å². The molecule has 1 aliphatic heterocycles. The highest BCUT2D eigenvalue weighted by molar-refractivity contribution is 5.88. The molecule has 0 aliphatic carbocycles. The zero-order chi connectivity index (χ0) is 14.8. The van der Waals surface area contributed by atoms with Gasteiger partial charge in [-0.15, -0.1) is 0 Å². The number of fused-ring (bicyclic) bond motifs is 1. The quantitative estimate of drug-likeness (QED) is 0.906. The molecule has 0 aromatic carbocycles. The Morgan fingerprint density at radius 2 is 2.05 bits per heavy atom. The van der Waals surface area contributed by atoms with E-state index in [0.717, 1.165) is 24.2 Å². The van der Waals surface area contributed by atoms with Gasteiger partial charge in [-0.05, 0) is 23.8 Å². The van der Waals surface area contributed by atoms with Crippen LogP contribution in [0.4, 0.5) is 0 Å². The molecular formula is C15H16N2O4. The van der Waals surface area contributed by atoms with E-state index in [1.165, 1.54) is 10.5 Å². The Morgan fingerprint density at radius 1 is 1.29 bits per heavy atom. The maximum atomic E-state index is 12.2. The third-order valence-corrected chi connectivity index (χ3v) is 3.68. The third kappa shape index (κ3) is 2.68. The average molecular weight is 288 g/mol. The molecule has 3 rings (SSSR count). The normalized spacial score (nSPS) is 16.2. The molecule has 1 aliphatic rings. The van der Waals surface area contributed by atoms with Crippen molar-refractivity contribution in [2.45, 2.75) is 6.54 Å². The van der Waals surface area contributed by atoms with Crippen LogP contribution in [0.25, 0.3) is 5.52 Å². The number of pyridine rings is 2. The molecular weight excluding hydrogens is 272 g/mol. The third-order valence-electron chi connectivity index (χ3n) is 3.68. The van der Waals surface area contributed by atoms with Gasteiger partial charge < -0.3 is 9.84 Å². The van der Waals surface area contributed by atoms with E-state index in [0.29, 0.717) is 19.8 Å². The summed E-state index contributed by atoms with van der Waals surface area (Å²) < 4.78 is 6.72. The van der Waals surface area contributed by atoms with Gasteiger partial charge in [0.25, 0.3) is 5.56 Å². The smallest absolute Gasteiger partial charge is 0.341 e. The van der Waals surface area contributed by atoms with Crippen LogP contribution >= 0.6 is 0 Å². The highest BCUT2D eigenvalue weighted by atomic mass is 16.5. The minimum atomic E-state index is -1.19. The van der Waals surface area contributed by atoms with Crippen LogP contribution in [0.15, 0.2) is 35.3 Å². The summed E-state index contributed by atoms with van der Waals surface area (Å²) >= 11 is 0. The lowest BCUT2D eigenvalue weighted by Gasteiger charge is -2.27. The number of aromatic nitrogens is 1. The molecule has 0 atom stereocenters. The van der Waals surface area contributed by atoms with Gasteiger partial charge in [0.1, 0.15) is 5.56 Å². The Bertz CT molecular complexity index is 732. The first kappa shape index (κ1) is 13.8. The fourth-order valence-electron chi connectivity index (χ4n) is 2.60. The molecule has 2 aromatic heterocycles. The van der Waals surface area contributed by atoms with Crippen LogP contribution < -0.4 is 5.56 Å². The average Bonchev–Trinajstić information content (AvgIpc) is 2.51. The number of aromatic carboxylic acids is 1. The van der Waals surface area contributed by atoms with Gasteiger partial charge in [0, 0.05) is 25.8 Å². The maximum absolute atomic E-state index is 12.2. The number of rotatable bonds is 3. The Hall–Kier alpha value is -2.18. The molecule has 1 N–H and O–H groups in total. The van der Waals surface area contributed by atoms with Crippen LogP contribution in [-0.2, 0) is 11.3 Å². The fraction of sp³-hybridized carbons (Fsp3) is 0.333. The lowest BCUT2D eigenvalue weighted by molar-refractivity contribution is 0.0343. The minimum Gasteiger partial charge on any atom is -0.477 e. The second-order valence-corrected chi connectivity index (χ2v) is 5.04. The zero-order valence-corrected chi connectivity index (χ0v) is 11.5. The summed E-state index contributed by atoms with van der Waals surface area (Å²) in [6.07, 6.45) is 1.60. The maximum Gasteiger partial charge on any atom is 0.341 e. The van der Waals surface area contributed by atoms with Gasteiger partial charge in [-0.2, -0.15) is 0 Å². The summed E-state index contributed by atoms with van der Waals surface area (Å²) in [5.41, 5.74) is 0.902. The SMILES string of the molecule is O=C(O)c1cc(CN2CCOCC2)c2ccccn2c1=O. The predicted molar refractivity (Wildman–Crippen MR) is 76.7 cm³/mol. The second-order valence-electron chi connectivity index (χ2n) is 5.04. The highest BCUT2D eigenvalue weighted by Gasteiger charge is 2.17. The van der Waals surface area contributed by atoms with Crippen molar-refractivity contribution < 1.29 is 14.6 Å². The fourth-order valence-corrected chi connectivity index (χ4v) is 2.60. The van der Waals surface area contributed by atoms with Crippen molar-refractivity contribution in [1.82, 2.24) is 9.30 Å². The molecule has 0 spiro atoms. The molecule has 0 saturated carbocycles. The lowest BCUT2D eigenvalue weighted by Crippen LogP contribution is -2.36. The number of carboxylic acid groups (broad SMARTS) is 1. The number of morpholine rings is 1. The van der Waals surface area contributed by atoms with E-state index in [-0.39, 0.29) is 5.56 Å². The molecule has 0 radical (unpaired) electrons. The summed E-state index contributed by atoms with van der Waals surface area (Å²) in [5, 5.41) is 9.21. The lowest BCUT2D eigenvalue weighted by atomic mass is 10.1. The monoisotopic (exact) mass is 288 g/mol. The van der Waals surface area contributed by atoms with Gasteiger partial charge in [-0.25, -0.2) is 4.79 Å². The van der Waals surface area contributed by atoms with Gasteiger partial charge in [0.15, 0.2) is 0 Å². The Morgan fingerprint density at radius 3 is 2.76 bits per heavy atom. The Kier molecular flexibility index (Phi) is 3.72. The molecule has 0 bridgehead atoms. The van der Waals surface area contributed by atoms with E-state index in [1.54, 1.807) is 12.3 Å². The number of carboxylic acids is 1. The predicted octanol–water partition coefficient (Wildman–Crippen LogP) is 0.830. The van der Waals surface area contributed by atoms with Crippen molar-refractivity contribution >= 4 is 11.5 Å². The Labute approximate surface area is 121 Å². The van der Waals surface area contributed by atoms with Crippen molar-refractivity contribution in [3.63, 3.8) is 0 Å². The van der Waals surface area contributed by atoms with Crippen LogP contribution in [0.2, 0.25) is 0 Å². The van der Waals surface area contributed by atoms with Crippen LogP contribution in [0, 0.1) is 0 Å². The number of hydrogen-bond donors (Lipinski definition) is 1. The first-order valence-electron chi connectivity index (χ1n) is 6.83. The van der Waals surface area contributed by atoms with E-state index in [4.69, 9.17) is 4.74 Å². The molecule has 6 nitrogen and oxygen atoms in total. The Balaban J connectivity index is 2.09. The minimum absolute atomic E-state index is 0.193. The van der Waals surface area contributed by atoms with E-state index in [9.17, 15) is 14.7 Å². The van der Waals surface area contributed by atoms with Gasteiger partial charge in [-0.3, -0.25) is 14.1 Å². The number of nitrogens with zero attached hydrogens (tertiary/aromatic N) is 2. The first-order chi connectivity index (χ1) is 10.2. The molecule has 2 aromatic rings. The van der Waals surface area contributed by atoms with Gasteiger partial charge in [0.05, 0.1) is 18.7 Å². The van der Waals surface area contributed by atoms with Crippen molar-refractivity contribution in [3.8, 4) is 0 Å². The highest BCUT2D eigenvalue weighted by Crippen LogP contribution is 2.14. The largest absolute Gasteiger partial charge is 0.477 e. The van der Waals surface area contributed by atoms with Crippen LogP contribution in [-0.4, -0.2) is 46.7 Å². The summed E-state index contributed by atoms with van der Waals surface area (Å²) in [5.74, 6) is -1.19. The van der Waals surface area contributed by atoms with Gasteiger partial charge >= 0.3 is 5.97 Å². The van der Waals surface area contributed by atoms with Crippen LogP contribution in [0.5, 0.6) is 0 Å². The molecule has 0 unspecified atom stereocenters. The zero-order valence-electron chi connectivity index (χ0n) is 11.5. The number of carbonyl (C=O) groups is 1. The molecule has 110 valence electrons.